The fourth-order valence-electron chi connectivity index (χ4n) is 1.62. The molecule has 70 valence electrons. The lowest BCUT2D eigenvalue weighted by Crippen LogP contribution is -2.20. The van der Waals surface area contributed by atoms with Gasteiger partial charge >= 0.3 is 0 Å². The number of hydrogen-bond donors (Lipinski definition) is 1. The standard InChI is InChI=1S/C10H12BrNS/c1-2-12-9-6-13-10-7(9)4-3-5-8(10)11/h3-5,9,12H,2,6H2,1H3. The first-order valence-electron chi connectivity index (χ1n) is 4.47. The van der Waals surface area contributed by atoms with Crippen LogP contribution in [-0.2, 0) is 0 Å². The number of halogens is 1. The lowest BCUT2D eigenvalue weighted by Gasteiger charge is -2.10. The molecule has 1 aromatic carbocycles. The highest BCUT2D eigenvalue weighted by Crippen LogP contribution is 2.42. The molecule has 0 aliphatic carbocycles. The van der Waals surface area contributed by atoms with Crippen LogP contribution in [0.25, 0.3) is 0 Å². The van der Waals surface area contributed by atoms with Gasteiger partial charge in [0, 0.05) is 21.2 Å². The molecule has 3 heteroatoms. The van der Waals surface area contributed by atoms with Crippen LogP contribution in [0.5, 0.6) is 0 Å². The molecule has 0 saturated carbocycles. The quantitative estimate of drug-likeness (QED) is 0.874. The predicted octanol–water partition coefficient (Wildman–Crippen LogP) is 3.21. The highest BCUT2D eigenvalue weighted by Gasteiger charge is 2.23. The molecule has 0 radical (unpaired) electrons. The van der Waals surface area contributed by atoms with E-state index >= 15 is 0 Å². The van der Waals surface area contributed by atoms with Crippen molar-refractivity contribution in [1.29, 1.82) is 0 Å². The number of hydrogen-bond acceptors (Lipinski definition) is 2. The van der Waals surface area contributed by atoms with E-state index in [0.717, 1.165) is 12.3 Å². The van der Waals surface area contributed by atoms with Crippen molar-refractivity contribution in [2.45, 2.75) is 17.9 Å². The van der Waals surface area contributed by atoms with E-state index in [2.05, 4.69) is 46.4 Å². The van der Waals surface area contributed by atoms with Gasteiger partial charge < -0.3 is 5.32 Å². The largest absolute Gasteiger partial charge is 0.309 e. The van der Waals surface area contributed by atoms with Gasteiger partial charge in [0.2, 0.25) is 0 Å². The van der Waals surface area contributed by atoms with Gasteiger partial charge in [0.05, 0.1) is 0 Å². The second kappa shape index (κ2) is 4.03. The van der Waals surface area contributed by atoms with E-state index in [4.69, 9.17) is 0 Å². The minimum atomic E-state index is 0.544. The topological polar surface area (TPSA) is 12.0 Å². The molecule has 1 aliphatic rings. The smallest absolute Gasteiger partial charge is 0.0426 e. The van der Waals surface area contributed by atoms with Gasteiger partial charge in [-0.1, -0.05) is 19.1 Å². The van der Waals surface area contributed by atoms with Gasteiger partial charge in [0.15, 0.2) is 0 Å². The lowest BCUT2D eigenvalue weighted by molar-refractivity contribution is 0.607. The molecule has 2 rings (SSSR count). The van der Waals surface area contributed by atoms with Crippen molar-refractivity contribution in [2.24, 2.45) is 0 Å². The van der Waals surface area contributed by atoms with Crippen LogP contribution < -0.4 is 5.32 Å². The Morgan fingerprint density at radius 3 is 3.23 bits per heavy atom. The monoisotopic (exact) mass is 257 g/mol. The van der Waals surface area contributed by atoms with Gasteiger partial charge in [-0.05, 0) is 34.1 Å². The first-order valence-corrected chi connectivity index (χ1v) is 6.25. The summed E-state index contributed by atoms with van der Waals surface area (Å²) in [5, 5.41) is 3.49. The lowest BCUT2D eigenvalue weighted by atomic mass is 10.1. The molecule has 1 aliphatic heterocycles. The van der Waals surface area contributed by atoms with E-state index < -0.39 is 0 Å². The maximum absolute atomic E-state index is 3.58. The molecule has 1 N–H and O–H groups in total. The fourth-order valence-corrected chi connectivity index (χ4v) is 3.56. The van der Waals surface area contributed by atoms with E-state index in [9.17, 15) is 0 Å². The molecule has 0 fully saturated rings. The Morgan fingerprint density at radius 1 is 1.62 bits per heavy atom. The molecule has 1 nitrogen and oxygen atoms in total. The zero-order valence-corrected chi connectivity index (χ0v) is 9.91. The number of thioether (sulfide) groups is 1. The summed E-state index contributed by atoms with van der Waals surface area (Å²) in [5.74, 6) is 1.16. The molecule has 0 spiro atoms. The Bertz CT molecular complexity index is 314. The second-order valence-electron chi connectivity index (χ2n) is 3.08. The molecule has 0 saturated heterocycles. The van der Waals surface area contributed by atoms with Crippen LogP contribution in [0.3, 0.4) is 0 Å². The van der Waals surface area contributed by atoms with E-state index in [0.29, 0.717) is 6.04 Å². The Labute approximate surface area is 91.4 Å². The normalized spacial score (nSPS) is 20.3. The van der Waals surface area contributed by atoms with Gasteiger partial charge in [0.1, 0.15) is 0 Å². The van der Waals surface area contributed by atoms with Crippen LogP contribution in [0.15, 0.2) is 27.6 Å². The number of rotatable bonds is 2. The third-order valence-electron chi connectivity index (χ3n) is 2.22. The molecule has 13 heavy (non-hydrogen) atoms. The Hall–Kier alpha value is 0.0100. The summed E-state index contributed by atoms with van der Waals surface area (Å²) in [5.41, 5.74) is 1.45. The number of fused-ring (bicyclic) bond motifs is 1. The van der Waals surface area contributed by atoms with Crippen LogP contribution in [0.4, 0.5) is 0 Å². The average Bonchev–Trinajstić information content (AvgIpc) is 2.51. The molecule has 0 aromatic heterocycles. The first-order chi connectivity index (χ1) is 6.33. The molecule has 0 amide bonds. The van der Waals surface area contributed by atoms with E-state index in [1.54, 1.807) is 0 Å². The van der Waals surface area contributed by atoms with Crippen molar-refractivity contribution in [1.82, 2.24) is 5.32 Å². The molecule has 1 atom stereocenters. The highest BCUT2D eigenvalue weighted by atomic mass is 79.9. The van der Waals surface area contributed by atoms with Crippen molar-refractivity contribution < 1.29 is 0 Å². The summed E-state index contributed by atoms with van der Waals surface area (Å²) in [7, 11) is 0. The summed E-state index contributed by atoms with van der Waals surface area (Å²) in [4.78, 5) is 1.41. The molecule has 0 bridgehead atoms. The van der Waals surface area contributed by atoms with E-state index in [1.807, 2.05) is 11.8 Å². The van der Waals surface area contributed by atoms with Crippen molar-refractivity contribution in [3.8, 4) is 0 Å². The summed E-state index contributed by atoms with van der Waals surface area (Å²) < 4.78 is 1.23. The van der Waals surface area contributed by atoms with Crippen LogP contribution in [-0.4, -0.2) is 12.3 Å². The van der Waals surface area contributed by atoms with Gasteiger partial charge in [0.25, 0.3) is 0 Å². The summed E-state index contributed by atoms with van der Waals surface area (Å²) in [6, 6.07) is 6.98. The van der Waals surface area contributed by atoms with E-state index in [1.165, 1.54) is 14.9 Å². The molecule has 1 aromatic rings. The van der Waals surface area contributed by atoms with Gasteiger partial charge in [-0.3, -0.25) is 0 Å². The maximum atomic E-state index is 3.58. The van der Waals surface area contributed by atoms with Gasteiger partial charge in [-0.25, -0.2) is 0 Å². The van der Waals surface area contributed by atoms with Crippen LogP contribution in [0.1, 0.15) is 18.5 Å². The molecular weight excluding hydrogens is 246 g/mol. The van der Waals surface area contributed by atoms with Gasteiger partial charge in [-0.2, -0.15) is 0 Å². The van der Waals surface area contributed by atoms with Crippen LogP contribution in [0.2, 0.25) is 0 Å². The Kier molecular flexibility index (Phi) is 2.96. The SMILES string of the molecule is CCNC1CSc2c(Br)cccc21. The van der Waals surface area contributed by atoms with Crippen LogP contribution in [0, 0.1) is 0 Å². The summed E-state index contributed by atoms with van der Waals surface area (Å²) in [6.45, 7) is 3.19. The van der Waals surface area contributed by atoms with E-state index in [-0.39, 0.29) is 0 Å². The minimum absolute atomic E-state index is 0.544. The van der Waals surface area contributed by atoms with Crippen LogP contribution >= 0.6 is 27.7 Å². The summed E-state index contributed by atoms with van der Waals surface area (Å²) >= 11 is 5.51. The number of benzene rings is 1. The highest BCUT2D eigenvalue weighted by molar-refractivity contribution is 9.10. The number of nitrogens with one attached hydrogen (secondary N) is 1. The predicted molar refractivity (Wildman–Crippen MR) is 61.3 cm³/mol. The zero-order chi connectivity index (χ0) is 9.26. The molecule has 1 unspecified atom stereocenters. The average molecular weight is 258 g/mol. The summed E-state index contributed by atoms with van der Waals surface area (Å²) in [6.07, 6.45) is 0. The minimum Gasteiger partial charge on any atom is -0.309 e. The molecular formula is C10H12BrNS. The fraction of sp³-hybridized carbons (Fsp3) is 0.400. The first kappa shape index (κ1) is 9.56. The van der Waals surface area contributed by atoms with Crippen molar-refractivity contribution in [2.75, 3.05) is 12.3 Å². The third kappa shape index (κ3) is 1.78. The second-order valence-corrected chi connectivity index (χ2v) is 4.96. The Morgan fingerprint density at radius 2 is 2.46 bits per heavy atom. The zero-order valence-electron chi connectivity index (χ0n) is 7.51. The van der Waals surface area contributed by atoms with Crippen molar-refractivity contribution in [3.05, 3.63) is 28.2 Å². The Balaban J connectivity index is 2.32. The van der Waals surface area contributed by atoms with Gasteiger partial charge in [-0.15, -0.1) is 11.8 Å². The maximum Gasteiger partial charge on any atom is 0.0426 e. The third-order valence-corrected chi connectivity index (χ3v) is 4.39. The van der Waals surface area contributed by atoms with Crippen molar-refractivity contribution in [3.63, 3.8) is 0 Å². The molecule has 1 heterocycles. The van der Waals surface area contributed by atoms with Crippen molar-refractivity contribution >= 4 is 27.7 Å².